The third-order valence-electron chi connectivity index (χ3n) is 2.37. The second-order valence-corrected chi connectivity index (χ2v) is 5.49. The summed E-state index contributed by atoms with van der Waals surface area (Å²) in [5, 5.41) is 0.438. The predicted molar refractivity (Wildman–Crippen MR) is 71.3 cm³/mol. The van der Waals surface area contributed by atoms with Gasteiger partial charge >= 0.3 is 10.3 Å². The van der Waals surface area contributed by atoms with Gasteiger partial charge in [0.15, 0.2) is 0 Å². The second kappa shape index (κ2) is 7.18. The summed E-state index contributed by atoms with van der Waals surface area (Å²) in [4.78, 5) is 0. The Morgan fingerprint density at radius 3 is 2.58 bits per heavy atom. The van der Waals surface area contributed by atoms with Gasteiger partial charge in [-0.2, -0.15) is 13.1 Å². The molecule has 2 atom stereocenters. The fourth-order valence-corrected chi connectivity index (χ4v) is 2.48. The predicted octanol–water partition coefficient (Wildman–Crippen LogP) is 1.78. The molecule has 0 aliphatic heterocycles. The van der Waals surface area contributed by atoms with E-state index in [-0.39, 0.29) is 6.79 Å². The quantitative estimate of drug-likeness (QED) is 0.592. The third-order valence-corrected chi connectivity index (χ3v) is 3.38. The van der Waals surface area contributed by atoms with Crippen molar-refractivity contribution in [3.8, 4) is 0 Å². The van der Waals surface area contributed by atoms with Crippen molar-refractivity contribution in [2.75, 3.05) is 13.9 Å². The van der Waals surface area contributed by atoms with Gasteiger partial charge < -0.3 is 9.47 Å². The summed E-state index contributed by atoms with van der Waals surface area (Å²) in [7, 11) is -2.88. The lowest BCUT2D eigenvalue weighted by Crippen LogP contribution is -2.38. The monoisotopic (exact) mass is 309 g/mol. The van der Waals surface area contributed by atoms with Crippen LogP contribution in [0.4, 0.5) is 0 Å². The summed E-state index contributed by atoms with van der Waals surface area (Å²) < 4.78 is 42.8. The topological polar surface area (TPSA) is 84.9 Å². The maximum absolute atomic E-state index is 10.9. The minimum Gasteiger partial charge on any atom is -0.359 e. The van der Waals surface area contributed by atoms with Crippen LogP contribution in [0.3, 0.4) is 0 Å². The molecule has 0 aliphatic rings. The van der Waals surface area contributed by atoms with Gasteiger partial charge in [0.2, 0.25) is 0 Å². The molecule has 0 saturated carbocycles. The molecule has 0 fully saturated rings. The minimum absolute atomic E-state index is 0.0343. The first-order valence-electron chi connectivity index (χ1n) is 5.45. The molecule has 0 aromatic heterocycles. The van der Waals surface area contributed by atoms with Gasteiger partial charge in [0.25, 0.3) is 0 Å². The Morgan fingerprint density at radius 2 is 2.05 bits per heavy atom. The van der Waals surface area contributed by atoms with Crippen LogP contribution in [0.15, 0.2) is 24.3 Å². The molecule has 0 aliphatic carbocycles. The van der Waals surface area contributed by atoms with E-state index in [4.69, 9.17) is 25.6 Å². The number of hydrogen-bond donors (Lipinski definition) is 2. The number of nitrogens with one attached hydrogen (secondary N) is 1. The Balaban J connectivity index is 2.97. The zero-order valence-electron chi connectivity index (χ0n) is 10.5. The van der Waals surface area contributed by atoms with Gasteiger partial charge in [0, 0.05) is 17.7 Å². The van der Waals surface area contributed by atoms with E-state index in [1.807, 2.05) is 4.72 Å². The highest BCUT2D eigenvalue weighted by Crippen LogP contribution is 2.28. The minimum atomic E-state index is -4.33. The first-order valence-corrected chi connectivity index (χ1v) is 7.26. The fourth-order valence-electron chi connectivity index (χ4n) is 1.65. The average molecular weight is 310 g/mol. The smallest absolute Gasteiger partial charge is 0.333 e. The first-order chi connectivity index (χ1) is 8.85. The third kappa shape index (κ3) is 5.43. The average Bonchev–Trinajstić information content (AvgIpc) is 2.29. The van der Waals surface area contributed by atoms with E-state index in [0.717, 1.165) is 0 Å². The molecule has 1 aromatic rings. The summed E-state index contributed by atoms with van der Waals surface area (Å²) in [5.41, 5.74) is 0.602. The maximum atomic E-state index is 10.9. The van der Waals surface area contributed by atoms with Gasteiger partial charge in [-0.3, -0.25) is 4.55 Å². The van der Waals surface area contributed by atoms with Gasteiger partial charge in [0.1, 0.15) is 12.9 Å². The normalized spacial score (nSPS) is 15.2. The van der Waals surface area contributed by atoms with Gasteiger partial charge in [-0.15, -0.1) is 0 Å². The molecule has 0 bridgehead atoms. The van der Waals surface area contributed by atoms with Gasteiger partial charge in [-0.25, -0.2) is 0 Å². The van der Waals surface area contributed by atoms with Crippen molar-refractivity contribution in [1.29, 1.82) is 0 Å². The molecule has 108 valence electrons. The molecule has 0 saturated heterocycles. The van der Waals surface area contributed by atoms with Crippen molar-refractivity contribution >= 4 is 21.9 Å². The van der Waals surface area contributed by atoms with Crippen molar-refractivity contribution in [2.24, 2.45) is 0 Å². The van der Waals surface area contributed by atoms with Crippen LogP contribution in [0.5, 0.6) is 0 Å². The van der Waals surface area contributed by atoms with Crippen molar-refractivity contribution in [3.05, 3.63) is 34.9 Å². The van der Waals surface area contributed by atoms with Crippen LogP contribution in [-0.4, -0.2) is 32.9 Å². The Kier molecular flexibility index (Phi) is 6.18. The molecule has 1 aromatic carbocycles. The molecular formula is C11H16ClNO5S. The lowest BCUT2D eigenvalue weighted by atomic mass is 10.0. The molecule has 2 N–H and O–H groups in total. The summed E-state index contributed by atoms with van der Waals surface area (Å²) >= 11 is 6.05. The van der Waals surface area contributed by atoms with E-state index in [9.17, 15) is 8.42 Å². The number of hydrogen-bond acceptors (Lipinski definition) is 4. The Bertz CT molecular complexity index is 508. The SMILES string of the molecule is COCO[C@H](c1ccccc1Cl)[C@@H](C)NS(=O)(=O)O. The standard InChI is InChI=1S/C11H16ClNO5S/c1-8(13-19(14,15)16)11(18-7-17-2)9-5-3-4-6-10(9)12/h3-6,8,11,13H,7H2,1-2H3,(H,14,15,16)/t8-,11+/m1/s1. The van der Waals surface area contributed by atoms with Crippen LogP contribution in [0, 0.1) is 0 Å². The second-order valence-electron chi connectivity index (χ2n) is 3.90. The molecule has 0 radical (unpaired) electrons. The van der Waals surface area contributed by atoms with Crippen LogP contribution in [-0.2, 0) is 19.8 Å². The molecule has 8 heteroatoms. The van der Waals surface area contributed by atoms with Gasteiger partial charge in [-0.05, 0) is 13.0 Å². The largest absolute Gasteiger partial charge is 0.359 e. The highest BCUT2D eigenvalue weighted by atomic mass is 35.5. The number of ether oxygens (including phenoxy) is 2. The van der Waals surface area contributed by atoms with Gasteiger partial charge in [-0.1, -0.05) is 29.8 Å². The highest BCUT2D eigenvalue weighted by molar-refractivity contribution is 7.83. The zero-order valence-corrected chi connectivity index (χ0v) is 12.1. The van der Waals surface area contributed by atoms with E-state index in [2.05, 4.69) is 0 Å². The van der Waals surface area contributed by atoms with Crippen LogP contribution in [0.2, 0.25) is 5.02 Å². The Morgan fingerprint density at radius 1 is 1.42 bits per heavy atom. The van der Waals surface area contributed by atoms with Crippen molar-refractivity contribution in [3.63, 3.8) is 0 Å². The highest BCUT2D eigenvalue weighted by Gasteiger charge is 2.25. The molecule has 0 spiro atoms. The molecule has 6 nitrogen and oxygen atoms in total. The van der Waals surface area contributed by atoms with Crippen LogP contribution in [0.1, 0.15) is 18.6 Å². The summed E-state index contributed by atoms with van der Waals surface area (Å²) in [6.07, 6.45) is -0.685. The number of rotatable bonds is 7. The Hall–Kier alpha value is -0.700. The van der Waals surface area contributed by atoms with E-state index < -0.39 is 22.4 Å². The summed E-state index contributed by atoms with van der Waals surface area (Å²) in [6.45, 7) is 1.52. The molecule has 1 rings (SSSR count). The van der Waals surface area contributed by atoms with E-state index in [1.165, 1.54) is 7.11 Å². The van der Waals surface area contributed by atoms with Gasteiger partial charge in [0.05, 0.1) is 6.04 Å². The molecule has 0 heterocycles. The Labute approximate surface area is 117 Å². The van der Waals surface area contributed by atoms with Crippen LogP contribution in [0.25, 0.3) is 0 Å². The summed E-state index contributed by atoms with van der Waals surface area (Å²) in [5.74, 6) is 0. The van der Waals surface area contributed by atoms with E-state index in [0.29, 0.717) is 10.6 Å². The molecule has 0 amide bonds. The van der Waals surface area contributed by atoms with Crippen molar-refractivity contribution in [1.82, 2.24) is 4.72 Å². The van der Waals surface area contributed by atoms with E-state index in [1.54, 1.807) is 31.2 Å². The first kappa shape index (κ1) is 16.4. The fraction of sp³-hybridized carbons (Fsp3) is 0.455. The summed E-state index contributed by atoms with van der Waals surface area (Å²) in [6, 6.07) is 6.17. The number of methoxy groups -OCH3 is 1. The van der Waals surface area contributed by atoms with Crippen LogP contribution < -0.4 is 4.72 Å². The van der Waals surface area contributed by atoms with Crippen LogP contribution >= 0.6 is 11.6 Å². The lowest BCUT2D eigenvalue weighted by molar-refractivity contribution is -0.0814. The van der Waals surface area contributed by atoms with Crippen molar-refractivity contribution < 1.29 is 22.4 Å². The molecule has 19 heavy (non-hydrogen) atoms. The molecule has 0 unspecified atom stereocenters. The zero-order chi connectivity index (χ0) is 14.5. The maximum Gasteiger partial charge on any atom is 0.333 e. The lowest BCUT2D eigenvalue weighted by Gasteiger charge is -2.25. The van der Waals surface area contributed by atoms with E-state index >= 15 is 0 Å². The molecular weight excluding hydrogens is 294 g/mol. The van der Waals surface area contributed by atoms with Crippen molar-refractivity contribution in [2.45, 2.75) is 19.1 Å². The number of benzene rings is 1. The number of halogens is 1.